The van der Waals surface area contributed by atoms with E-state index >= 15 is 0 Å². The first-order valence-electron chi connectivity index (χ1n) is 5.01. The summed E-state index contributed by atoms with van der Waals surface area (Å²) in [5.41, 5.74) is 1.13. The molecule has 0 bridgehead atoms. The maximum atomic E-state index is 9.25. The van der Waals surface area contributed by atoms with Crippen LogP contribution in [0.15, 0.2) is 42.5 Å². The molecule has 0 amide bonds. The number of hydrogen-bond acceptors (Lipinski definition) is 1. The van der Waals surface area contributed by atoms with Crippen LogP contribution in [0.2, 0.25) is 0 Å². The summed E-state index contributed by atoms with van der Waals surface area (Å²) in [6.45, 7) is 0.0947. The first kappa shape index (κ1) is 10.5. The van der Waals surface area contributed by atoms with E-state index in [1.54, 1.807) is 0 Å². The summed E-state index contributed by atoms with van der Waals surface area (Å²) in [7, 11) is 0. The minimum absolute atomic E-state index is 0.0257. The van der Waals surface area contributed by atoms with Gasteiger partial charge in [0.05, 0.1) is 6.61 Å². The lowest BCUT2D eigenvalue weighted by molar-refractivity contribution is 0.275. The molecule has 2 rings (SSSR count). The van der Waals surface area contributed by atoms with E-state index in [9.17, 15) is 5.11 Å². The molecular formula is C13H13ClO. The van der Waals surface area contributed by atoms with Gasteiger partial charge < -0.3 is 5.11 Å². The van der Waals surface area contributed by atoms with E-state index in [1.807, 2.05) is 24.3 Å². The Morgan fingerprint density at radius 3 is 2.53 bits per heavy atom. The highest BCUT2D eigenvalue weighted by Gasteiger charge is 2.11. The van der Waals surface area contributed by atoms with Crippen LogP contribution >= 0.6 is 11.6 Å². The van der Waals surface area contributed by atoms with Gasteiger partial charge in [0.2, 0.25) is 0 Å². The van der Waals surface area contributed by atoms with Crippen LogP contribution in [0.1, 0.15) is 11.5 Å². The molecule has 1 atom stereocenters. The van der Waals surface area contributed by atoms with E-state index in [0.29, 0.717) is 5.88 Å². The maximum absolute atomic E-state index is 9.25. The van der Waals surface area contributed by atoms with Gasteiger partial charge >= 0.3 is 0 Å². The molecule has 1 N–H and O–H groups in total. The Kier molecular flexibility index (Phi) is 3.24. The molecule has 2 aromatic rings. The molecule has 2 aromatic carbocycles. The van der Waals surface area contributed by atoms with E-state index in [-0.39, 0.29) is 12.5 Å². The Labute approximate surface area is 94.3 Å². The first-order valence-corrected chi connectivity index (χ1v) is 5.54. The van der Waals surface area contributed by atoms with Gasteiger partial charge in [-0.25, -0.2) is 0 Å². The lowest BCUT2D eigenvalue weighted by Gasteiger charge is -2.13. The molecule has 0 heterocycles. The van der Waals surface area contributed by atoms with Crippen LogP contribution in [-0.2, 0) is 0 Å². The number of fused-ring (bicyclic) bond motifs is 1. The highest BCUT2D eigenvalue weighted by atomic mass is 35.5. The topological polar surface area (TPSA) is 20.2 Å². The van der Waals surface area contributed by atoms with Crippen molar-refractivity contribution < 1.29 is 5.11 Å². The molecule has 78 valence electrons. The van der Waals surface area contributed by atoms with Gasteiger partial charge in [0.1, 0.15) is 0 Å². The fourth-order valence-corrected chi connectivity index (χ4v) is 2.10. The minimum atomic E-state index is 0.0257. The van der Waals surface area contributed by atoms with E-state index in [2.05, 4.69) is 18.2 Å². The average molecular weight is 221 g/mol. The third-order valence-corrected chi connectivity index (χ3v) is 3.04. The number of halogens is 1. The Morgan fingerprint density at radius 1 is 1.07 bits per heavy atom. The largest absolute Gasteiger partial charge is 0.396 e. The summed E-state index contributed by atoms with van der Waals surface area (Å²) in [4.78, 5) is 0. The van der Waals surface area contributed by atoms with Gasteiger partial charge in [-0.3, -0.25) is 0 Å². The molecule has 0 saturated heterocycles. The van der Waals surface area contributed by atoms with E-state index < -0.39 is 0 Å². The van der Waals surface area contributed by atoms with Crippen LogP contribution in [-0.4, -0.2) is 17.6 Å². The van der Waals surface area contributed by atoms with Gasteiger partial charge in [-0.05, 0) is 16.3 Å². The fraction of sp³-hybridized carbons (Fsp3) is 0.231. The van der Waals surface area contributed by atoms with Crippen molar-refractivity contribution in [1.29, 1.82) is 0 Å². The van der Waals surface area contributed by atoms with Gasteiger partial charge in [0.15, 0.2) is 0 Å². The first-order chi connectivity index (χ1) is 7.36. The number of hydrogen-bond donors (Lipinski definition) is 1. The Balaban J connectivity index is 2.59. The van der Waals surface area contributed by atoms with Crippen molar-refractivity contribution in [2.75, 3.05) is 12.5 Å². The van der Waals surface area contributed by atoms with E-state index in [0.717, 1.165) is 5.56 Å². The van der Waals surface area contributed by atoms with Gasteiger partial charge in [0, 0.05) is 11.8 Å². The number of aliphatic hydroxyl groups excluding tert-OH is 1. The van der Waals surface area contributed by atoms with Crippen LogP contribution < -0.4 is 0 Å². The van der Waals surface area contributed by atoms with Gasteiger partial charge in [-0.15, -0.1) is 11.6 Å². The summed E-state index contributed by atoms with van der Waals surface area (Å²) < 4.78 is 0. The molecule has 0 radical (unpaired) electrons. The molecule has 1 nitrogen and oxygen atoms in total. The Bertz CT molecular complexity index is 444. The van der Waals surface area contributed by atoms with Gasteiger partial charge in [-0.1, -0.05) is 42.5 Å². The van der Waals surface area contributed by atoms with Crippen LogP contribution in [0.4, 0.5) is 0 Å². The number of alkyl halides is 1. The summed E-state index contributed by atoms with van der Waals surface area (Å²) in [6.07, 6.45) is 0. The number of rotatable bonds is 3. The molecule has 0 aliphatic carbocycles. The highest BCUT2D eigenvalue weighted by Crippen LogP contribution is 2.26. The quantitative estimate of drug-likeness (QED) is 0.788. The van der Waals surface area contributed by atoms with Gasteiger partial charge in [-0.2, -0.15) is 0 Å². The van der Waals surface area contributed by atoms with Crippen molar-refractivity contribution in [3.8, 4) is 0 Å². The molecule has 0 aliphatic rings. The molecule has 0 spiro atoms. The Morgan fingerprint density at radius 2 is 1.80 bits per heavy atom. The van der Waals surface area contributed by atoms with Crippen molar-refractivity contribution in [2.45, 2.75) is 5.92 Å². The van der Waals surface area contributed by atoms with Crippen LogP contribution in [0.5, 0.6) is 0 Å². The zero-order valence-electron chi connectivity index (χ0n) is 8.36. The number of aliphatic hydroxyl groups is 1. The monoisotopic (exact) mass is 220 g/mol. The van der Waals surface area contributed by atoms with E-state index in [4.69, 9.17) is 11.6 Å². The minimum Gasteiger partial charge on any atom is -0.396 e. The molecule has 0 aromatic heterocycles. The third kappa shape index (κ3) is 1.99. The van der Waals surface area contributed by atoms with Crippen LogP contribution in [0.25, 0.3) is 10.8 Å². The molecule has 0 unspecified atom stereocenters. The molecule has 0 fully saturated rings. The van der Waals surface area contributed by atoms with Crippen LogP contribution in [0.3, 0.4) is 0 Å². The summed E-state index contributed by atoms with van der Waals surface area (Å²) >= 11 is 5.84. The molecular weight excluding hydrogens is 208 g/mol. The second kappa shape index (κ2) is 4.65. The lowest BCUT2D eigenvalue weighted by Crippen LogP contribution is -2.06. The van der Waals surface area contributed by atoms with Crippen molar-refractivity contribution in [3.63, 3.8) is 0 Å². The zero-order valence-corrected chi connectivity index (χ0v) is 9.11. The predicted octanol–water partition coefficient (Wildman–Crippen LogP) is 3.15. The Hall–Kier alpha value is -1.05. The maximum Gasteiger partial charge on any atom is 0.0511 e. The predicted molar refractivity (Wildman–Crippen MR) is 64.5 cm³/mol. The summed E-state index contributed by atoms with van der Waals surface area (Å²) in [6, 6.07) is 14.3. The molecule has 0 aliphatic heterocycles. The highest BCUT2D eigenvalue weighted by molar-refractivity contribution is 6.18. The average Bonchev–Trinajstić information content (AvgIpc) is 2.31. The summed E-state index contributed by atoms with van der Waals surface area (Å²) in [5, 5.41) is 11.6. The SMILES string of the molecule is OC[C@@H](CCl)c1cccc2ccccc12. The third-order valence-electron chi connectivity index (χ3n) is 2.67. The number of benzene rings is 2. The van der Waals surface area contributed by atoms with Crippen molar-refractivity contribution in [3.05, 3.63) is 48.0 Å². The molecule has 0 saturated carbocycles. The van der Waals surface area contributed by atoms with Crippen molar-refractivity contribution >= 4 is 22.4 Å². The van der Waals surface area contributed by atoms with Crippen molar-refractivity contribution in [2.24, 2.45) is 0 Å². The summed E-state index contributed by atoms with van der Waals surface area (Å²) in [5.74, 6) is 0.475. The standard InChI is InChI=1S/C13H13ClO/c14-8-11(9-15)13-7-3-5-10-4-1-2-6-12(10)13/h1-7,11,15H,8-9H2/t11-/m1/s1. The van der Waals surface area contributed by atoms with Crippen molar-refractivity contribution in [1.82, 2.24) is 0 Å². The zero-order chi connectivity index (χ0) is 10.7. The fourth-order valence-electron chi connectivity index (χ4n) is 1.84. The van der Waals surface area contributed by atoms with E-state index in [1.165, 1.54) is 10.8 Å². The molecule has 2 heteroatoms. The second-order valence-corrected chi connectivity index (χ2v) is 3.91. The normalized spacial score (nSPS) is 12.9. The molecule has 15 heavy (non-hydrogen) atoms. The second-order valence-electron chi connectivity index (χ2n) is 3.60. The lowest BCUT2D eigenvalue weighted by atomic mass is 9.95. The van der Waals surface area contributed by atoms with Gasteiger partial charge in [0.25, 0.3) is 0 Å². The smallest absolute Gasteiger partial charge is 0.0511 e. The van der Waals surface area contributed by atoms with Crippen LogP contribution in [0, 0.1) is 0 Å².